The van der Waals surface area contributed by atoms with Crippen LogP contribution in [0.4, 0.5) is 14.5 Å². The molecule has 0 aliphatic carbocycles. The molecule has 1 aliphatic rings. The molecule has 2 aromatic rings. The van der Waals surface area contributed by atoms with Gasteiger partial charge in [0, 0.05) is 24.3 Å². The van der Waals surface area contributed by atoms with Gasteiger partial charge < -0.3 is 10.6 Å². The molecule has 1 heterocycles. The highest BCUT2D eigenvalue weighted by Gasteiger charge is 2.24. The summed E-state index contributed by atoms with van der Waals surface area (Å²) in [4.78, 5) is 13.8. The lowest BCUT2D eigenvalue weighted by Crippen LogP contribution is -2.25. The molecule has 2 aromatic carbocycles. The van der Waals surface area contributed by atoms with Gasteiger partial charge in [0.1, 0.15) is 0 Å². The van der Waals surface area contributed by atoms with E-state index in [0.29, 0.717) is 18.8 Å². The molecule has 5 heteroatoms. The molecule has 0 radical (unpaired) electrons. The second-order valence-electron chi connectivity index (χ2n) is 4.82. The molecule has 0 atom stereocenters. The fourth-order valence-corrected chi connectivity index (χ4v) is 2.37. The van der Waals surface area contributed by atoms with Gasteiger partial charge in [-0.15, -0.1) is 0 Å². The zero-order chi connectivity index (χ0) is 14.3. The number of rotatable bonds is 1. The Morgan fingerprint density at radius 1 is 1.00 bits per heavy atom. The van der Waals surface area contributed by atoms with E-state index in [1.54, 1.807) is 11.0 Å². The summed E-state index contributed by atoms with van der Waals surface area (Å²) in [5.41, 5.74) is 8.50. The van der Waals surface area contributed by atoms with E-state index in [9.17, 15) is 13.6 Å². The number of nitrogens with zero attached hydrogens (tertiary/aromatic N) is 1. The van der Waals surface area contributed by atoms with Gasteiger partial charge in [0.2, 0.25) is 0 Å². The minimum Gasteiger partial charge on any atom is -0.399 e. The largest absolute Gasteiger partial charge is 0.399 e. The first-order valence-electron chi connectivity index (χ1n) is 6.16. The fourth-order valence-electron chi connectivity index (χ4n) is 2.37. The van der Waals surface area contributed by atoms with Crippen LogP contribution in [0.15, 0.2) is 36.4 Å². The van der Waals surface area contributed by atoms with Gasteiger partial charge in [-0.1, -0.05) is 6.07 Å². The SMILES string of the molecule is Nc1ccc2c(c1)CN(C(=O)c1ccc(F)c(F)c1)C2. The van der Waals surface area contributed by atoms with Gasteiger partial charge in [0.25, 0.3) is 5.91 Å². The Morgan fingerprint density at radius 2 is 1.75 bits per heavy atom. The number of benzene rings is 2. The van der Waals surface area contributed by atoms with Crippen LogP contribution in [0.1, 0.15) is 21.5 Å². The van der Waals surface area contributed by atoms with Crippen LogP contribution in [-0.4, -0.2) is 10.8 Å². The highest BCUT2D eigenvalue weighted by Crippen LogP contribution is 2.26. The van der Waals surface area contributed by atoms with Gasteiger partial charge in [0.15, 0.2) is 11.6 Å². The van der Waals surface area contributed by atoms with E-state index in [2.05, 4.69) is 0 Å². The molecule has 3 nitrogen and oxygen atoms in total. The molecule has 20 heavy (non-hydrogen) atoms. The Labute approximate surface area is 114 Å². The van der Waals surface area contributed by atoms with Crippen LogP contribution in [0.5, 0.6) is 0 Å². The molecule has 102 valence electrons. The minimum atomic E-state index is -1.02. The van der Waals surface area contributed by atoms with Crippen LogP contribution >= 0.6 is 0 Å². The third-order valence-electron chi connectivity index (χ3n) is 3.41. The van der Waals surface area contributed by atoms with Crippen LogP contribution in [0.3, 0.4) is 0 Å². The summed E-state index contributed by atoms with van der Waals surface area (Å²) < 4.78 is 26.1. The van der Waals surface area contributed by atoms with Gasteiger partial charge in [0.05, 0.1) is 0 Å². The van der Waals surface area contributed by atoms with Gasteiger partial charge in [-0.2, -0.15) is 0 Å². The fraction of sp³-hybridized carbons (Fsp3) is 0.133. The van der Waals surface area contributed by atoms with Crippen LogP contribution in [0.25, 0.3) is 0 Å². The first-order chi connectivity index (χ1) is 9.54. The van der Waals surface area contributed by atoms with E-state index in [1.165, 1.54) is 6.07 Å². The number of nitrogens with two attached hydrogens (primary N) is 1. The number of anilines is 1. The topological polar surface area (TPSA) is 46.3 Å². The van der Waals surface area contributed by atoms with Crippen LogP contribution in [0.2, 0.25) is 0 Å². The molecule has 0 saturated heterocycles. The molecule has 0 saturated carbocycles. The van der Waals surface area contributed by atoms with Crippen molar-refractivity contribution in [2.45, 2.75) is 13.1 Å². The number of hydrogen-bond donors (Lipinski definition) is 1. The number of halogens is 2. The highest BCUT2D eigenvalue weighted by molar-refractivity contribution is 5.94. The number of hydrogen-bond acceptors (Lipinski definition) is 2. The van der Waals surface area contributed by atoms with E-state index in [1.807, 2.05) is 12.1 Å². The van der Waals surface area contributed by atoms with E-state index < -0.39 is 11.6 Å². The summed E-state index contributed by atoms with van der Waals surface area (Å²) in [6.07, 6.45) is 0. The maximum Gasteiger partial charge on any atom is 0.254 e. The molecule has 0 unspecified atom stereocenters. The number of fused-ring (bicyclic) bond motifs is 1. The first-order valence-corrected chi connectivity index (χ1v) is 6.16. The summed E-state index contributed by atoms with van der Waals surface area (Å²) in [7, 11) is 0. The van der Waals surface area contributed by atoms with Crippen molar-refractivity contribution in [3.05, 3.63) is 64.7 Å². The third-order valence-corrected chi connectivity index (χ3v) is 3.41. The average molecular weight is 274 g/mol. The van der Waals surface area contributed by atoms with Crippen molar-refractivity contribution < 1.29 is 13.6 Å². The van der Waals surface area contributed by atoms with Crippen LogP contribution in [0, 0.1) is 11.6 Å². The van der Waals surface area contributed by atoms with Crippen molar-refractivity contribution in [1.29, 1.82) is 0 Å². The Kier molecular flexibility index (Phi) is 2.89. The predicted octanol–water partition coefficient (Wildman–Crippen LogP) is 2.70. The van der Waals surface area contributed by atoms with Crippen molar-refractivity contribution in [3.63, 3.8) is 0 Å². The molecule has 2 N–H and O–H groups in total. The highest BCUT2D eigenvalue weighted by atomic mass is 19.2. The third kappa shape index (κ3) is 2.11. The lowest BCUT2D eigenvalue weighted by molar-refractivity contribution is 0.0751. The smallest absolute Gasteiger partial charge is 0.254 e. The first kappa shape index (κ1) is 12.6. The summed E-state index contributed by atoms with van der Waals surface area (Å²) in [6.45, 7) is 0.881. The minimum absolute atomic E-state index is 0.143. The van der Waals surface area contributed by atoms with E-state index in [-0.39, 0.29) is 11.5 Å². The predicted molar refractivity (Wildman–Crippen MR) is 70.8 cm³/mol. The van der Waals surface area contributed by atoms with Crippen molar-refractivity contribution in [2.75, 3.05) is 5.73 Å². The molecule has 0 spiro atoms. The van der Waals surface area contributed by atoms with Crippen LogP contribution in [-0.2, 0) is 13.1 Å². The van der Waals surface area contributed by atoms with E-state index in [4.69, 9.17) is 5.73 Å². The molecule has 3 rings (SSSR count). The summed E-state index contributed by atoms with van der Waals surface area (Å²) in [6, 6.07) is 8.66. The Morgan fingerprint density at radius 3 is 2.50 bits per heavy atom. The normalized spacial score (nSPS) is 13.4. The van der Waals surface area contributed by atoms with Crippen molar-refractivity contribution in [3.8, 4) is 0 Å². The van der Waals surface area contributed by atoms with Crippen molar-refractivity contribution in [2.24, 2.45) is 0 Å². The summed E-state index contributed by atoms with van der Waals surface area (Å²) >= 11 is 0. The Balaban J connectivity index is 1.85. The molecular formula is C15H12F2N2O. The quantitative estimate of drug-likeness (QED) is 0.813. The average Bonchev–Trinajstić information content (AvgIpc) is 2.84. The Hall–Kier alpha value is -2.43. The molecule has 0 bridgehead atoms. The van der Waals surface area contributed by atoms with Gasteiger partial charge in [-0.25, -0.2) is 8.78 Å². The summed E-state index contributed by atoms with van der Waals surface area (Å²) in [5, 5.41) is 0. The molecule has 0 fully saturated rings. The zero-order valence-electron chi connectivity index (χ0n) is 10.6. The van der Waals surface area contributed by atoms with Gasteiger partial charge in [-0.3, -0.25) is 4.79 Å². The number of carbonyl (C=O) groups is 1. The number of carbonyl (C=O) groups excluding carboxylic acids is 1. The van der Waals surface area contributed by atoms with Gasteiger partial charge in [-0.05, 0) is 41.5 Å². The standard InChI is InChI=1S/C15H12F2N2O/c16-13-4-2-9(6-14(13)17)15(20)19-7-10-1-3-12(18)5-11(10)8-19/h1-6H,7-8,18H2. The van der Waals surface area contributed by atoms with Gasteiger partial charge >= 0.3 is 0 Å². The lowest BCUT2D eigenvalue weighted by Gasteiger charge is -2.15. The second-order valence-corrected chi connectivity index (χ2v) is 4.82. The molecule has 1 amide bonds. The maximum absolute atomic E-state index is 13.2. The second kappa shape index (κ2) is 4.59. The Bertz CT molecular complexity index is 700. The molecular weight excluding hydrogens is 262 g/mol. The number of nitrogen functional groups attached to an aromatic ring is 1. The molecule has 1 aliphatic heterocycles. The lowest BCUT2D eigenvalue weighted by atomic mass is 10.1. The molecule has 0 aromatic heterocycles. The number of amides is 1. The zero-order valence-corrected chi connectivity index (χ0v) is 10.6. The maximum atomic E-state index is 13.2. The van der Waals surface area contributed by atoms with Crippen molar-refractivity contribution >= 4 is 11.6 Å². The van der Waals surface area contributed by atoms with E-state index >= 15 is 0 Å². The van der Waals surface area contributed by atoms with Crippen molar-refractivity contribution in [1.82, 2.24) is 4.90 Å². The van der Waals surface area contributed by atoms with E-state index in [0.717, 1.165) is 23.3 Å². The van der Waals surface area contributed by atoms with Crippen LogP contribution < -0.4 is 5.73 Å². The summed E-state index contributed by atoms with van der Waals surface area (Å²) in [5.74, 6) is -2.30. The monoisotopic (exact) mass is 274 g/mol.